The third kappa shape index (κ3) is 5.26. The van der Waals surface area contributed by atoms with E-state index in [1.54, 1.807) is 41.9 Å². The highest BCUT2D eigenvalue weighted by Gasteiger charge is 2.34. The van der Waals surface area contributed by atoms with Crippen molar-refractivity contribution in [3.63, 3.8) is 0 Å². The molecule has 0 radical (unpaired) electrons. The van der Waals surface area contributed by atoms with Crippen molar-refractivity contribution in [1.29, 1.82) is 0 Å². The summed E-state index contributed by atoms with van der Waals surface area (Å²) in [5.74, 6) is -0.332. The second-order valence-corrected chi connectivity index (χ2v) is 8.89. The van der Waals surface area contributed by atoms with E-state index in [2.05, 4.69) is 20.7 Å². The minimum Gasteiger partial charge on any atom is -0.497 e. The van der Waals surface area contributed by atoms with Gasteiger partial charge in [0.25, 0.3) is 5.91 Å². The molecule has 1 aliphatic heterocycles. The Kier molecular flexibility index (Phi) is 7.55. The number of carbonyl (C=O) groups excluding carboxylic acids is 2. The Bertz CT molecular complexity index is 1670. The summed E-state index contributed by atoms with van der Waals surface area (Å²) in [4.78, 5) is 30.7. The molecule has 1 aliphatic rings. The van der Waals surface area contributed by atoms with E-state index in [0.717, 1.165) is 0 Å². The molecule has 11 nitrogen and oxygen atoms in total. The van der Waals surface area contributed by atoms with Crippen molar-refractivity contribution in [2.24, 2.45) is 0 Å². The predicted molar refractivity (Wildman–Crippen MR) is 147 cm³/mol. The van der Waals surface area contributed by atoms with E-state index in [-0.39, 0.29) is 17.1 Å². The van der Waals surface area contributed by atoms with Crippen molar-refractivity contribution in [1.82, 2.24) is 14.8 Å². The number of aromatic nitrogens is 3. The molecule has 0 bridgehead atoms. The number of hydrogen-bond donors (Lipinski definition) is 2. The maximum atomic E-state index is 14.1. The van der Waals surface area contributed by atoms with Gasteiger partial charge in [-0.1, -0.05) is 18.2 Å². The van der Waals surface area contributed by atoms with Gasteiger partial charge in [0.1, 0.15) is 29.7 Å². The van der Waals surface area contributed by atoms with Gasteiger partial charge in [-0.3, -0.25) is 4.79 Å². The molecule has 1 amide bonds. The molecule has 5 rings (SSSR count). The Morgan fingerprint density at radius 2 is 1.71 bits per heavy atom. The lowest BCUT2D eigenvalue weighted by Gasteiger charge is -2.29. The van der Waals surface area contributed by atoms with Crippen molar-refractivity contribution in [2.45, 2.75) is 13.0 Å². The van der Waals surface area contributed by atoms with Gasteiger partial charge in [-0.2, -0.15) is 10.1 Å². The number of ether oxygens (including phenoxy) is 4. The molecule has 0 saturated carbocycles. The normalized spacial score (nSPS) is 14.0. The first kappa shape index (κ1) is 27.2. The molecular weight excluding hydrogens is 533 g/mol. The van der Waals surface area contributed by atoms with Crippen molar-refractivity contribution in [3.8, 4) is 23.0 Å². The molecule has 4 aromatic rings. The molecule has 0 unspecified atom stereocenters. The third-order valence-electron chi connectivity index (χ3n) is 6.49. The van der Waals surface area contributed by atoms with Crippen LogP contribution in [0.25, 0.3) is 0 Å². The monoisotopic (exact) mass is 559 g/mol. The standard InChI is InChI=1S/C29H26FN5O6/c1-16-25(27(36)34-21-14-18(38-2)10-12-22(21)39-3)26(35-29(33-16)31-15-32-35)17-9-11-23(24(13-17)40-4)41-28(37)19-7-5-6-8-20(19)30/h5-15,26H,1-4H3,(H,34,36)(H,31,32,33)/t26-/m0/s1. The van der Waals surface area contributed by atoms with Gasteiger partial charge in [-0.05, 0) is 48.9 Å². The largest absolute Gasteiger partial charge is 0.497 e. The Morgan fingerprint density at radius 1 is 0.951 bits per heavy atom. The second kappa shape index (κ2) is 11.4. The third-order valence-corrected chi connectivity index (χ3v) is 6.49. The summed E-state index contributed by atoms with van der Waals surface area (Å²) in [5.41, 5.74) is 1.67. The predicted octanol–water partition coefficient (Wildman–Crippen LogP) is 4.59. The van der Waals surface area contributed by atoms with Crippen LogP contribution in [0.1, 0.15) is 28.9 Å². The Balaban J connectivity index is 1.51. The molecule has 2 N–H and O–H groups in total. The highest BCUT2D eigenvalue weighted by Crippen LogP contribution is 2.40. The van der Waals surface area contributed by atoms with Crippen LogP contribution in [0.15, 0.2) is 78.3 Å². The summed E-state index contributed by atoms with van der Waals surface area (Å²) in [7, 11) is 4.44. The minimum atomic E-state index is -0.877. The molecular formula is C29H26FN5O6. The lowest BCUT2D eigenvalue weighted by Crippen LogP contribution is -2.31. The van der Waals surface area contributed by atoms with Crippen LogP contribution in [-0.2, 0) is 4.79 Å². The van der Waals surface area contributed by atoms with Gasteiger partial charge >= 0.3 is 5.97 Å². The van der Waals surface area contributed by atoms with E-state index >= 15 is 0 Å². The molecule has 1 atom stereocenters. The van der Waals surface area contributed by atoms with Gasteiger partial charge in [0, 0.05) is 11.8 Å². The second-order valence-electron chi connectivity index (χ2n) is 8.89. The number of hydrogen-bond acceptors (Lipinski definition) is 9. The van der Waals surface area contributed by atoms with Crippen molar-refractivity contribution in [2.75, 3.05) is 32.0 Å². The number of anilines is 2. The number of nitrogens with one attached hydrogen (secondary N) is 2. The van der Waals surface area contributed by atoms with Crippen LogP contribution < -0.4 is 29.6 Å². The van der Waals surface area contributed by atoms with E-state index < -0.39 is 23.7 Å². The number of halogens is 1. The van der Waals surface area contributed by atoms with Crippen LogP contribution >= 0.6 is 0 Å². The van der Waals surface area contributed by atoms with Gasteiger partial charge in [-0.25, -0.2) is 13.9 Å². The van der Waals surface area contributed by atoms with Crippen LogP contribution in [0.2, 0.25) is 0 Å². The average molecular weight is 560 g/mol. The summed E-state index contributed by atoms with van der Waals surface area (Å²) < 4.78 is 37.4. The number of methoxy groups -OCH3 is 3. The molecule has 12 heteroatoms. The number of amides is 1. The van der Waals surface area contributed by atoms with E-state index in [9.17, 15) is 14.0 Å². The molecule has 3 aromatic carbocycles. The average Bonchev–Trinajstić information content (AvgIpc) is 3.44. The number of fused-ring (bicyclic) bond motifs is 1. The topological polar surface area (TPSA) is 126 Å². The van der Waals surface area contributed by atoms with Crippen LogP contribution in [0.5, 0.6) is 23.0 Å². The Labute approximate surface area is 234 Å². The first-order valence-electron chi connectivity index (χ1n) is 12.4. The van der Waals surface area contributed by atoms with E-state index in [1.165, 1.54) is 58.0 Å². The smallest absolute Gasteiger partial charge is 0.346 e. The van der Waals surface area contributed by atoms with Crippen LogP contribution in [0.4, 0.5) is 16.0 Å². The van der Waals surface area contributed by atoms with Gasteiger partial charge in [-0.15, -0.1) is 0 Å². The number of carbonyl (C=O) groups is 2. The highest BCUT2D eigenvalue weighted by molar-refractivity contribution is 6.06. The SMILES string of the molecule is COc1ccc(OC)c(NC(=O)C2=C(C)Nc3ncnn3[C@H]2c2ccc(OC(=O)c3ccccc3F)c(OC)c2)c1. The molecule has 0 fully saturated rings. The Morgan fingerprint density at radius 3 is 2.44 bits per heavy atom. The fourth-order valence-corrected chi connectivity index (χ4v) is 4.51. The fourth-order valence-electron chi connectivity index (χ4n) is 4.51. The quantitative estimate of drug-likeness (QED) is 0.235. The number of allylic oxidation sites excluding steroid dienone is 1. The maximum Gasteiger partial charge on any atom is 0.346 e. The number of benzene rings is 3. The molecule has 2 heterocycles. The minimum absolute atomic E-state index is 0.0741. The molecule has 0 aliphatic carbocycles. The maximum absolute atomic E-state index is 14.1. The first-order valence-corrected chi connectivity index (χ1v) is 12.4. The van der Waals surface area contributed by atoms with Crippen molar-refractivity contribution in [3.05, 3.63) is 95.2 Å². The molecule has 41 heavy (non-hydrogen) atoms. The summed E-state index contributed by atoms with van der Waals surface area (Å²) in [6.45, 7) is 1.75. The van der Waals surface area contributed by atoms with Crippen LogP contribution in [-0.4, -0.2) is 48.0 Å². The Hall–Kier alpha value is -5.39. The molecule has 0 spiro atoms. The molecule has 1 aromatic heterocycles. The van der Waals surface area contributed by atoms with Crippen molar-refractivity contribution >= 4 is 23.5 Å². The van der Waals surface area contributed by atoms with Crippen LogP contribution in [0.3, 0.4) is 0 Å². The van der Waals surface area contributed by atoms with E-state index in [0.29, 0.717) is 40.0 Å². The summed E-state index contributed by atoms with van der Waals surface area (Å²) >= 11 is 0. The lowest BCUT2D eigenvalue weighted by atomic mass is 9.94. The van der Waals surface area contributed by atoms with E-state index in [1.807, 2.05) is 0 Å². The molecule has 0 saturated heterocycles. The number of nitrogens with zero attached hydrogens (tertiary/aromatic N) is 3. The van der Waals surface area contributed by atoms with Crippen molar-refractivity contribution < 1.29 is 32.9 Å². The summed E-state index contributed by atoms with van der Waals surface area (Å²) in [5, 5.41) is 10.4. The van der Waals surface area contributed by atoms with Gasteiger partial charge in [0.15, 0.2) is 11.5 Å². The zero-order valence-corrected chi connectivity index (χ0v) is 22.6. The van der Waals surface area contributed by atoms with Gasteiger partial charge < -0.3 is 29.6 Å². The zero-order chi connectivity index (χ0) is 29.1. The van der Waals surface area contributed by atoms with E-state index in [4.69, 9.17) is 18.9 Å². The first-order chi connectivity index (χ1) is 19.8. The number of rotatable bonds is 8. The summed E-state index contributed by atoms with van der Waals surface area (Å²) in [6, 6.07) is 14.6. The van der Waals surface area contributed by atoms with Crippen LogP contribution in [0, 0.1) is 5.82 Å². The lowest BCUT2D eigenvalue weighted by molar-refractivity contribution is -0.113. The fraction of sp³-hybridized carbons (Fsp3) is 0.172. The molecule has 210 valence electrons. The zero-order valence-electron chi connectivity index (χ0n) is 22.6. The van der Waals surface area contributed by atoms with Gasteiger partial charge in [0.2, 0.25) is 5.95 Å². The highest BCUT2D eigenvalue weighted by atomic mass is 19.1. The number of esters is 1. The summed E-state index contributed by atoms with van der Waals surface area (Å²) in [6.07, 6.45) is 1.37. The van der Waals surface area contributed by atoms with Gasteiger partial charge in [0.05, 0.1) is 38.2 Å².